The van der Waals surface area contributed by atoms with E-state index in [1.165, 1.54) is 12.7 Å². The topological polar surface area (TPSA) is 70.9 Å². The van der Waals surface area contributed by atoms with Crippen LogP contribution in [-0.2, 0) is 34.0 Å². The summed E-state index contributed by atoms with van der Waals surface area (Å²) in [6, 6.07) is 15.8. The van der Waals surface area contributed by atoms with Gasteiger partial charge >= 0.3 is 0 Å². The number of halogens is 1. The zero-order valence-electron chi connectivity index (χ0n) is 22.9. The number of aryl methyl sites for hydroxylation is 2. The Kier molecular flexibility index (Phi) is 10.5. The highest BCUT2D eigenvalue weighted by Crippen LogP contribution is 2.24. The van der Waals surface area contributed by atoms with Gasteiger partial charge in [0.2, 0.25) is 5.91 Å². The predicted octanol–water partition coefficient (Wildman–Crippen LogP) is 4.54. The molecule has 1 aliphatic rings. The van der Waals surface area contributed by atoms with Gasteiger partial charge in [0.15, 0.2) is 0 Å². The molecule has 8 nitrogen and oxygen atoms in total. The van der Waals surface area contributed by atoms with Crippen molar-refractivity contribution in [1.82, 2.24) is 19.4 Å². The first kappa shape index (κ1) is 28.8. The molecule has 39 heavy (non-hydrogen) atoms. The summed E-state index contributed by atoms with van der Waals surface area (Å²) < 4.78 is 7.21. The van der Waals surface area contributed by atoms with Crippen LogP contribution in [0.25, 0.3) is 0 Å². The molecule has 3 aromatic rings. The molecule has 9 heteroatoms. The van der Waals surface area contributed by atoms with Crippen molar-refractivity contribution in [2.75, 3.05) is 44.8 Å². The Morgan fingerprint density at radius 1 is 0.974 bits per heavy atom. The van der Waals surface area contributed by atoms with Crippen molar-refractivity contribution in [3.05, 3.63) is 82.9 Å². The minimum Gasteiger partial charge on any atom is -0.375 e. The van der Waals surface area contributed by atoms with Crippen LogP contribution in [0.3, 0.4) is 0 Å². The van der Waals surface area contributed by atoms with Gasteiger partial charge in [0.25, 0.3) is 5.91 Å². The molecule has 2 aromatic carbocycles. The van der Waals surface area contributed by atoms with Crippen LogP contribution in [0, 0.1) is 6.92 Å². The molecule has 208 valence electrons. The summed E-state index contributed by atoms with van der Waals surface area (Å²) in [5.41, 5.74) is 2.99. The van der Waals surface area contributed by atoms with E-state index in [-0.39, 0.29) is 18.4 Å². The highest BCUT2D eigenvalue weighted by Gasteiger charge is 2.23. The number of ether oxygens (including phenoxy) is 1. The van der Waals surface area contributed by atoms with Crippen LogP contribution in [0.4, 0.5) is 5.69 Å². The van der Waals surface area contributed by atoms with Crippen LogP contribution < -0.4 is 4.90 Å². The largest absolute Gasteiger partial charge is 0.375 e. The van der Waals surface area contributed by atoms with E-state index in [9.17, 15) is 9.59 Å². The lowest BCUT2D eigenvalue weighted by atomic mass is 10.1. The zero-order valence-corrected chi connectivity index (χ0v) is 23.6. The van der Waals surface area contributed by atoms with Crippen molar-refractivity contribution in [2.45, 2.75) is 45.8 Å². The number of para-hydroxylation sites is 1. The summed E-state index contributed by atoms with van der Waals surface area (Å²) in [5, 5.41) is 0.721. The van der Waals surface area contributed by atoms with Gasteiger partial charge in [0.05, 0.1) is 0 Å². The van der Waals surface area contributed by atoms with Gasteiger partial charge in [-0.2, -0.15) is 0 Å². The van der Waals surface area contributed by atoms with E-state index < -0.39 is 0 Å². The summed E-state index contributed by atoms with van der Waals surface area (Å²) in [6.07, 6.45) is 5.73. The van der Waals surface area contributed by atoms with Crippen molar-refractivity contribution in [3.8, 4) is 0 Å². The maximum atomic E-state index is 13.5. The highest BCUT2D eigenvalue weighted by molar-refractivity contribution is 6.30. The van der Waals surface area contributed by atoms with Crippen molar-refractivity contribution in [1.29, 1.82) is 0 Å². The molecule has 0 atom stereocenters. The van der Waals surface area contributed by atoms with Crippen LogP contribution in [0.2, 0.25) is 5.02 Å². The Hall–Kier alpha value is -3.20. The quantitative estimate of drug-likeness (QED) is 0.431. The number of hydrogen-bond donors (Lipinski definition) is 0. The molecule has 0 radical (unpaired) electrons. The second kappa shape index (κ2) is 14.3. The number of fused-ring (bicyclic) bond motifs is 1. The van der Waals surface area contributed by atoms with Crippen molar-refractivity contribution >= 4 is 29.1 Å². The Morgan fingerprint density at radius 3 is 2.44 bits per heavy atom. The minimum absolute atomic E-state index is 0.00965. The first-order valence-corrected chi connectivity index (χ1v) is 13.9. The van der Waals surface area contributed by atoms with E-state index in [2.05, 4.69) is 22.0 Å². The predicted molar refractivity (Wildman–Crippen MR) is 154 cm³/mol. The van der Waals surface area contributed by atoms with Crippen LogP contribution in [0.5, 0.6) is 0 Å². The Morgan fingerprint density at radius 2 is 1.72 bits per heavy atom. The van der Waals surface area contributed by atoms with E-state index in [0.29, 0.717) is 32.6 Å². The molecule has 0 saturated carbocycles. The fourth-order valence-electron chi connectivity index (χ4n) is 5.06. The minimum atomic E-state index is -0.0836. The van der Waals surface area contributed by atoms with Crippen LogP contribution in [-0.4, -0.2) is 71.1 Å². The molecule has 0 aliphatic carbocycles. The second-order valence-corrected chi connectivity index (χ2v) is 10.4. The lowest BCUT2D eigenvalue weighted by Crippen LogP contribution is -2.40. The summed E-state index contributed by atoms with van der Waals surface area (Å²) >= 11 is 6.10. The summed E-state index contributed by atoms with van der Waals surface area (Å²) in [5.74, 6) is 0.903. The van der Waals surface area contributed by atoms with Gasteiger partial charge in [0.1, 0.15) is 12.4 Å². The van der Waals surface area contributed by atoms with Gasteiger partial charge in [-0.1, -0.05) is 41.9 Å². The van der Waals surface area contributed by atoms with Crippen LogP contribution in [0.15, 0.2) is 60.9 Å². The van der Waals surface area contributed by atoms with Crippen molar-refractivity contribution < 1.29 is 14.3 Å². The maximum Gasteiger partial charge on any atom is 0.252 e. The standard InChI is InChI=1S/C30H38ClN5O3/c1-24-32-14-20-34(24)19-13-29(37)35-17-5-15-33(21-25-9-11-27(31)12-10-25)16-6-18-36(30(38)23-39-2)28-8-4-3-7-26(28)22-35/h3-4,7-12,14,20H,5-6,13,15-19,21-23H2,1-2H3. The molecule has 0 N–H and O–H groups in total. The normalized spacial score (nSPS) is 15.4. The van der Waals surface area contributed by atoms with Gasteiger partial charge in [-0.3, -0.25) is 14.5 Å². The number of carbonyl (C=O) groups is 2. The molecule has 4 rings (SSSR count). The number of nitrogens with zero attached hydrogens (tertiary/aromatic N) is 5. The maximum absolute atomic E-state index is 13.5. The molecular formula is C30H38ClN5O3. The molecule has 0 fully saturated rings. The fourth-order valence-corrected chi connectivity index (χ4v) is 5.18. The number of benzene rings is 2. The SMILES string of the molecule is COCC(=O)N1CCCN(Cc2ccc(Cl)cc2)CCCN(C(=O)CCn2ccnc2C)Cc2ccccc21. The first-order valence-electron chi connectivity index (χ1n) is 13.5. The smallest absolute Gasteiger partial charge is 0.252 e. The van der Waals surface area contributed by atoms with E-state index in [1.807, 2.05) is 63.9 Å². The third kappa shape index (κ3) is 8.14. The molecule has 1 aromatic heterocycles. The van der Waals surface area contributed by atoms with Crippen molar-refractivity contribution in [2.24, 2.45) is 0 Å². The lowest BCUT2D eigenvalue weighted by Gasteiger charge is -2.31. The molecule has 0 saturated heterocycles. The number of carbonyl (C=O) groups excluding carboxylic acids is 2. The number of imidazole rings is 1. The first-order chi connectivity index (χ1) is 18.9. The molecule has 1 aliphatic heterocycles. The Balaban J connectivity index is 1.57. The third-order valence-electron chi connectivity index (χ3n) is 7.13. The lowest BCUT2D eigenvalue weighted by molar-refractivity contribution is -0.132. The Labute approximate surface area is 236 Å². The Bertz CT molecular complexity index is 1230. The molecular weight excluding hydrogens is 514 g/mol. The number of rotatable bonds is 7. The number of methoxy groups -OCH3 is 1. The average molecular weight is 552 g/mol. The third-order valence-corrected chi connectivity index (χ3v) is 7.39. The average Bonchev–Trinajstić information content (AvgIpc) is 3.34. The number of anilines is 1. The van der Waals surface area contributed by atoms with Crippen LogP contribution >= 0.6 is 11.6 Å². The monoisotopic (exact) mass is 551 g/mol. The number of aromatic nitrogens is 2. The fraction of sp³-hybridized carbons (Fsp3) is 0.433. The van der Waals surface area contributed by atoms with E-state index in [0.717, 1.165) is 54.6 Å². The molecule has 2 amide bonds. The van der Waals surface area contributed by atoms with E-state index in [1.54, 1.807) is 6.20 Å². The van der Waals surface area contributed by atoms with E-state index >= 15 is 0 Å². The molecule has 0 unspecified atom stereocenters. The molecule has 0 bridgehead atoms. The van der Waals surface area contributed by atoms with Gasteiger partial charge in [-0.25, -0.2) is 4.98 Å². The molecule has 2 heterocycles. The summed E-state index contributed by atoms with van der Waals surface area (Å²) in [7, 11) is 1.54. The van der Waals surface area contributed by atoms with Gasteiger partial charge in [-0.15, -0.1) is 0 Å². The summed E-state index contributed by atoms with van der Waals surface area (Å²) in [6.45, 7) is 6.66. The van der Waals surface area contributed by atoms with Crippen molar-refractivity contribution in [3.63, 3.8) is 0 Å². The van der Waals surface area contributed by atoms with E-state index in [4.69, 9.17) is 16.3 Å². The van der Waals surface area contributed by atoms with Gasteiger partial charge < -0.3 is 19.1 Å². The number of hydrogen-bond acceptors (Lipinski definition) is 5. The highest BCUT2D eigenvalue weighted by atomic mass is 35.5. The van der Waals surface area contributed by atoms with Gasteiger partial charge in [-0.05, 0) is 49.1 Å². The van der Waals surface area contributed by atoms with Gasteiger partial charge in [0, 0.05) is 82.4 Å². The summed E-state index contributed by atoms with van der Waals surface area (Å²) in [4.78, 5) is 37.1. The zero-order chi connectivity index (χ0) is 27.6. The second-order valence-electron chi connectivity index (χ2n) is 9.95. The van der Waals surface area contributed by atoms with Crippen LogP contribution in [0.1, 0.15) is 36.2 Å². The molecule has 0 spiro atoms. The number of amides is 2.